The summed E-state index contributed by atoms with van der Waals surface area (Å²) in [6, 6.07) is 15.6. The highest BCUT2D eigenvalue weighted by molar-refractivity contribution is 6.02. The SMILES string of the molecule is CC(C)N(C(=O)c1ccc(-c2cc(NC(=O)C3(c4ccc5c(c4)OCO5)CC3)ccc2OC(F)(F)F)cc1)C(C)C. The first kappa shape index (κ1) is 28.3. The van der Waals surface area contributed by atoms with Gasteiger partial charge in [0.2, 0.25) is 12.7 Å². The molecule has 41 heavy (non-hydrogen) atoms. The zero-order valence-corrected chi connectivity index (χ0v) is 23.2. The molecule has 0 saturated heterocycles. The Balaban J connectivity index is 1.42. The van der Waals surface area contributed by atoms with Crippen molar-refractivity contribution in [3.05, 3.63) is 71.8 Å². The minimum Gasteiger partial charge on any atom is -0.454 e. The summed E-state index contributed by atoms with van der Waals surface area (Å²) in [6.07, 6.45) is -3.67. The molecule has 0 radical (unpaired) electrons. The Labute approximate surface area is 236 Å². The number of hydrogen-bond donors (Lipinski definition) is 1. The van der Waals surface area contributed by atoms with Gasteiger partial charge in [0.15, 0.2) is 11.5 Å². The summed E-state index contributed by atoms with van der Waals surface area (Å²) in [7, 11) is 0. The lowest BCUT2D eigenvalue weighted by atomic mass is 9.94. The number of halogens is 3. The van der Waals surface area contributed by atoms with Crippen LogP contribution in [0.3, 0.4) is 0 Å². The van der Waals surface area contributed by atoms with Crippen LogP contribution in [0.15, 0.2) is 60.7 Å². The van der Waals surface area contributed by atoms with Gasteiger partial charge in [-0.05, 0) is 94.1 Å². The van der Waals surface area contributed by atoms with Gasteiger partial charge in [-0.1, -0.05) is 18.2 Å². The highest BCUT2D eigenvalue weighted by Gasteiger charge is 2.51. The van der Waals surface area contributed by atoms with Crippen molar-refractivity contribution < 1.29 is 37.0 Å². The molecule has 2 aliphatic rings. The first-order valence-electron chi connectivity index (χ1n) is 13.4. The number of carbonyl (C=O) groups excluding carboxylic acids is 2. The van der Waals surface area contributed by atoms with Crippen LogP contribution in [0, 0.1) is 0 Å². The van der Waals surface area contributed by atoms with E-state index in [0.29, 0.717) is 41.2 Å². The van der Waals surface area contributed by atoms with Gasteiger partial charge in [-0.25, -0.2) is 0 Å². The van der Waals surface area contributed by atoms with Crippen LogP contribution in [0.1, 0.15) is 56.5 Å². The van der Waals surface area contributed by atoms with Crippen LogP contribution in [-0.2, 0) is 10.2 Å². The van der Waals surface area contributed by atoms with Crippen molar-refractivity contribution in [3.63, 3.8) is 0 Å². The largest absolute Gasteiger partial charge is 0.573 e. The third-order valence-electron chi connectivity index (χ3n) is 7.36. The number of rotatable bonds is 8. The number of nitrogens with one attached hydrogen (secondary N) is 1. The molecule has 0 atom stereocenters. The van der Waals surface area contributed by atoms with Gasteiger partial charge in [-0.3, -0.25) is 9.59 Å². The second kappa shape index (κ2) is 10.6. The summed E-state index contributed by atoms with van der Waals surface area (Å²) in [4.78, 5) is 28.2. The van der Waals surface area contributed by atoms with Crippen molar-refractivity contribution in [1.82, 2.24) is 4.90 Å². The molecule has 10 heteroatoms. The minimum atomic E-state index is -4.91. The molecule has 1 aliphatic heterocycles. The van der Waals surface area contributed by atoms with Gasteiger partial charge in [0, 0.05) is 28.9 Å². The molecule has 0 unspecified atom stereocenters. The fraction of sp³-hybridized carbons (Fsp3) is 0.355. The third-order valence-corrected chi connectivity index (χ3v) is 7.36. The zero-order chi connectivity index (χ0) is 29.5. The van der Waals surface area contributed by atoms with E-state index in [4.69, 9.17) is 9.47 Å². The average Bonchev–Trinajstić information content (AvgIpc) is 3.59. The predicted octanol–water partition coefficient (Wildman–Crippen LogP) is 6.91. The molecule has 1 fully saturated rings. The van der Waals surface area contributed by atoms with E-state index in [-0.39, 0.29) is 36.3 Å². The maximum atomic E-state index is 13.4. The molecule has 1 saturated carbocycles. The Morgan fingerprint density at radius 3 is 2.17 bits per heavy atom. The van der Waals surface area contributed by atoms with Crippen molar-refractivity contribution in [1.29, 1.82) is 0 Å². The van der Waals surface area contributed by atoms with E-state index in [2.05, 4.69) is 10.1 Å². The topological polar surface area (TPSA) is 77.1 Å². The van der Waals surface area contributed by atoms with Gasteiger partial charge in [0.05, 0.1) is 5.41 Å². The summed E-state index contributed by atoms with van der Waals surface area (Å²) in [6.45, 7) is 7.81. The molecule has 216 valence electrons. The molecule has 0 spiro atoms. The standard InChI is InChI=1S/C31H31F3N2O5/c1-18(2)36(19(3)4)28(37)21-7-5-20(6-8-21)24-16-23(10-12-25(24)41-31(32,33)34)35-29(38)30(13-14-30)22-9-11-26-27(15-22)40-17-39-26/h5-12,15-16,18-19H,13-14,17H2,1-4H3,(H,35,38). The fourth-order valence-corrected chi connectivity index (χ4v) is 5.27. The first-order valence-corrected chi connectivity index (χ1v) is 13.4. The normalized spacial score (nSPS) is 15.1. The minimum absolute atomic E-state index is 0.0262. The number of anilines is 1. The first-order chi connectivity index (χ1) is 19.4. The van der Waals surface area contributed by atoms with Crippen LogP contribution >= 0.6 is 0 Å². The average molecular weight is 569 g/mol. The molecular weight excluding hydrogens is 537 g/mol. The number of hydrogen-bond acceptors (Lipinski definition) is 5. The summed E-state index contributed by atoms with van der Waals surface area (Å²) >= 11 is 0. The molecular formula is C31H31F3N2O5. The lowest BCUT2D eigenvalue weighted by Crippen LogP contribution is -2.42. The molecule has 7 nitrogen and oxygen atoms in total. The molecule has 3 aromatic rings. The van der Waals surface area contributed by atoms with Gasteiger partial charge in [-0.2, -0.15) is 0 Å². The monoisotopic (exact) mass is 568 g/mol. The number of fused-ring (bicyclic) bond motifs is 1. The molecule has 0 bridgehead atoms. The highest BCUT2D eigenvalue weighted by atomic mass is 19.4. The number of alkyl halides is 3. The summed E-state index contributed by atoms with van der Waals surface area (Å²) < 4.78 is 54.8. The van der Waals surface area contributed by atoms with Crippen molar-refractivity contribution in [2.24, 2.45) is 0 Å². The van der Waals surface area contributed by atoms with Crippen LogP contribution in [0.2, 0.25) is 0 Å². The van der Waals surface area contributed by atoms with Gasteiger partial charge < -0.3 is 24.4 Å². The molecule has 1 N–H and O–H groups in total. The molecule has 2 amide bonds. The van der Waals surface area contributed by atoms with E-state index in [9.17, 15) is 22.8 Å². The molecule has 5 rings (SSSR count). The molecule has 1 aliphatic carbocycles. The van der Waals surface area contributed by atoms with E-state index in [1.54, 1.807) is 41.3 Å². The van der Waals surface area contributed by atoms with E-state index >= 15 is 0 Å². The third kappa shape index (κ3) is 5.82. The van der Waals surface area contributed by atoms with Crippen LogP contribution in [-0.4, -0.2) is 42.0 Å². The molecule has 1 heterocycles. The van der Waals surface area contributed by atoms with Crippen molar-refractivity contribution in [2.45, 2.75) is 64.4 Å². The second-order valence-corrected chi connectivity index (χ2v) is 10.8. The summed E-state index contributed by atoms with van der Waals surface area (Å²) in [5.74, 6) is 0.327. The van der Waals surface area contributed by atoms with Gasteiger partial charge >= 0.3 is 6.36 Å². The Bertz CT molecular complexity index is 1460. The second-order valence-electron chi connectivity index (χ2n) is 10.8. The van der Waals surface area contributed by atoms with Crippen molar-refractivity contribution in [2.75, 3.05) is 12.1 Å². The Morgan fingerprint density at radius 1 is 0.902 bits per heavy atom. The lowest BCUT2D eigenvalue weighted by Gasteiger charge is -2.31. The number of ether oxygens (including phenoxy) is 3. The molecule has 0 aromatic heterocycles. The van der Waals surface area contributed by atoms with Crippen LogP contribution in [0.25, 0.3) is 11.1 Å². The van der Waals surface area contributed by atoms with E-state index in [0.717, 1.165) is 5.56 Å². The fourth-order valence-electron chi connectivity index (χ4n) is 5.27. The van der Waals surface area contributed by atoms with Gasteiger partial charge in [0.1, 0.15) is 5.75 Å². The summed E-state index contributed by atoms with van der Waals surface area (Å²) in [5.41, 5.74) is 1.28. The maximum absolute atomic E-state index is 13.4. The number of nitrogens with zero attached hydrogens (tertiary/aromatic N) is 1. The zero-order valence-electron chi connectivity index (χ0n) is 23.2. The van der Waals surface area contributed by atoms with Gasteiger partial charge in [-0.15, -0.1) is 13.2 Å². The van der Waals surface area contributed by atoms with Crippen LogP contribution in [0.4, 0.5) is 18.9 Å². The van der Waals surface area contributed by atoms with Crippen molar-refractivity contribution in [3.8, 4) is 28.4 Å². The Hall–Kier alpha value is -4.21. The Morgan fingerprint density at radius 2 is 1.56 bits per heavy atom. The van der Waals surface area contributed by atoms with E-state index < -0.39 is 17.5 Å². The van der Waals surface area contributed by atoms with Crippen LogP contribution < -0.4 is 19.5 Å². The summed E-state index contributed by atoms with van der Waals surface area (Å²) in [5, 5.41) is 2.87. The van der Waals surface area contributed by atoms with E-state index in [1.165, 1.54) is 18.2 Å². The smallest absolute Gasteiger partial charge is 0.454 e. The number of benzene rings is 3. The predicted molar refractivity (Wildman–Crippen MR) is 147 cm³/mol. The van der Waals surface area contributed by atoms with E-state index in [1.807, 2.05) is 33.8 Å². The Kier molecular flexibility index (Phi) is 7.35. The van der Waals surface area contributed by atoms with Crippen LogP contribution in [0.5, 0.6) is 17.2 Å². The van der Waals surface area contributed by atoms with Crippen molar-refractivity contribution >= 4 is 17.5 Å². The van der Waals surface area contributed by atoms with Gasteiger partial charge in [0.25, 0.3) is 5.91 Å². The number of amides is 2. The maximum Gasteiger partial charge on any atom is 0.573 e. The quantitative estimate of drug-likeness (QED) is 0.320. The molecule has 3 aromatic carbocycles. The number of carbonyl (C=O) groups is 2. The highest BCUT2D eigenvalue weighted by Crippen LogP contribution is 2.51. The lowest BCUT2D eigenvalue weighted by molar-refractivity contribution is -0.274.